The molecule has 2 fully saturated rings. The van der Waals surface area contributed by atoms with Gasteiger partial charge in [0, 0.05) is 19.1 Å². The third-order valence-corrected chi connectivity index (χ3v) is 7.66. The van der Waals surface area contributed by atoms with Gasteiger partial charge >= 0.3 is 0 Å². The Morgan fingerprint density at radius 3 is 2.51 bits per heavy atom. The molecule has 4 heterocycles. The van der Waals surface area contributed by atoms with Gasteiger partial charge in [-0.3, -0.25) is 14.7 Å². The van der Waals surface area contributed by atoms with Gasteiger partial charge in [0.2, 0.25) is 0 Å². The lowest BCUT2D eigenvalue weighted by molar-refractivity contribution is 0.00493. The van der Waals surface area contributed by atoms with Crippen molar-refractivity contribution in [3.8, 4) is 17.6 Å². The molecule has 204 valence electrons. The standard InChI is InChI=1S/C29H35N7O3/c1-20(2)39-24-5-7-27(32-17-24)36-21(3)25(18-33-36)28(37)34-22-4-6-26(31-16-22)29(19-30)10-8-23(9-11-29)35-12-14-38-15-13-35/h4-7,16-18,20,23H,8-15H2,1-3H3,(H,34,37). The van der Waals surface area contributed by atoms with Crippen LogP contribution in [0.25, 0.3) is 5.82 Å². The topological polar surface area (TPSA) is 118 Å². The molecule has 1 aliphatic heterocycles. The Hall–Kier alpha value is -3.81. The lowest BCUT2D eigenvalue weighted by atomic mass is 9.71. The van der Waals surface area contributed by atoms with Gasteiger partial charge in [0.1, 0.15) is 5.75 Å². The summed E-state index contributed by atoms with van der Waals surface area (Å²) in [4.78, 5) is 24.6. The number of rotatable bonds is 7. The van der Waals surface area contributed by atoms with Crippen LogP contribution >= 0.6 is 0 Å². The maximum atomic E-state index is 13.0. The first-order chi connectivity index (χ1) is 18.9. The molecule has 0 bridgehead atoms. The molecule has 1 amide bonds. The number of carbonyl (C=O) groups is 1. The molecule has 0 aromatic carbocycles. The molecule has 0 unspecified atom stereocenters. The number of carbonyl (C=O) groups excluding carboxylic acids is 1. The maximum Gasteiger partial charge on any atom is 0.259 e. The number of morpholine rings is 1. The van der Waals surface area contributed by atoms with Crippen molar-refractivity contribution in [1.82, 2.24) is 24.6 Å². The summed E-state index contributed by atoms with van der Waals surface area (Å²) in [5.74, 6) is 0.990. The van der Waals surface area contributed by atoms with Crippen molar-refractivity contribution >= 4 is 11.6 Å². The Balaban J connectivity index is 1.23. The molecule has 39 heavy (non-hydrogen) atoms. The van der Waals surface area contributed by atoms with E-state index in [1.807, 2.05) is 45.0 Å². The molecule has 3 aromatic heterocycles. The molecule has 1 aliphatic carbocycles. The number of amides is 1. The summed E-state index contributed by atoms with van der Waals surface area (Å²) in [6.45, 7) is 9.24. The Morgan fingerprint density at radius 2 is 1.90 bits per heavy atom. The second kappa shape index (κ2) is 11.5. The van der Waals surface area contributed by atoms with Crippen LogP contribution in [0.3, 0.4) is 0 Å². The third-order valence-electron chi connectivity index (χ3n) is 7.66. The molecule has 3 aromatic rings. The van der Waals surface area contributed by atoms with Crippen LogP contribution < -0.4 is 10.1 Å². The first-order valence-corrected chi connectivity index (χ1v) is 13.6. The molecule has 10 heteroatoms. The quantitative estimate of drug-likeness (QED) is 0.487. The van der Waals surface area contributed by atoms with Gasteiger partial charge in [0.05, 0.1) is 72.0 Å². The summed E-state index contributed by atoms with van der Waals surface area (Å²) >= 11 is 0. The molecule has 1 saturated heterocycles. The predicted molar refractivity (Wildman–Crippen MR) is 146 cm³/mol. The molecule has 10 nitrogen and oxygen atoms in total. The average Bonchev–Trinajstić information content (AvgIpc) is 3.35. The van der Waals surface area contributed by atoms with Crippen molar-refractivity contribution in [3.63, 3.8) is 0 Å². The van der Waals surface area contributed by atoms with Gasteiger partial charge in [0.25, 0.3) is 5.91 Å². The zero-order valence-corrected chi connectivity index (χ0v) is 22.8. The molecule has 1 saturated carbocycles. The van der Waals surface area contributed by atoms with Crippen molar-refractivity contribution in [3.05, 3.63) is 59.8 Å². The fraction of sp³-hybridized carbons (Fsp3) is 0.483. The van der Waals surface area contributed by atoms with Crippen LogP contribution in [-0.2, 0) is 10.2 Å². The Labute approximate surface area is 229 Å². The van der Waals surface area contributed by atoms with E-state index in [1.54, 1.807) is 17.1 Å². The number of anilines is 1. The summed E-state index contributed by atoms with van der Waals surface area (Å²) in [7, 11) is 0. The van der Waals surface area contributed by atoms with Crippen LogP contribution in [0.15, 0.2) is 42.9 Å². The van der Waals surface area contributed by atoms with E-state index in [4.69, 9.17) is 9.47 Å². The number of nitrogens with one attached hydrogen (secondary N) is 1. The van der Waals surface area contributed by atoms with Crippen LogP contribution in [0, 0.1) is 18.3 Å². The van der Waals surface area contributed by atoms with Crippen molar-refractivity contribution in [1.29, 1.82) is 5.26 Å². The summed E-state index contributed by atoms with van der Waals surface area (Å²) in [5.41, 5.74) is 1.86. The number of hydrogen-bond acceptors (Lipinski definition) is 8. The van der Waals surface area contributed by atoms with Crippen LogP contribution in [0.4, 0.5) is 5.69 Å². The van der Waals surface area contributed by atoms with E-state index in [0.717, 1.165) is 57.7 Å². The number of nitriles is 1. The van der Waals surface area contributed by atoms with Gasteiger partial charge < -0.3 is 14.8 Å². The van der Waals surface area contributed by atoms with E-state index < -0.39 is 5.41 Å². The van der Waals surface area contributed by atoms with Crippen LogP contribution in [0.5, 0.6) is 5.75 Å². The second-order valence-electron chi connectivity index (χ2n) is 10.5. The molecule has 0 spiro atoms. The minimum atomic E-state index is -0.591. The van der Waals surface area contributed by atoms with E-state index in [-0.39, 0.29) is 12.0 Å². The van der Waals surface area contributed by atoms with Gasteiger partial charge in [-0.25, -0.2) is 9.67 Å². The van der Waals surface area contributed by atoms with Gasteiger partial charge in [-0.1, -0.05) is 0 Å². The van der Waals surface area contributed by atoms with E-state index in [9.17, 15) is 10.1 Å². The number of aromatic nitrogens is 4. The average molecular weight is 530 g/mol. The molecular weight excluding hydrogens is 494 g/mol. The molecule has 1 N–H and O–H groups in total. The Bertz CT molecular complexity index is 1310. The number of pyridine rings is 2. The van der Waals surface area contributed by atoms with Crippen LogP contribution in [0.2, 0.25) is 0 Å². The van der Waals surface area contributed by atoms with Crippen molar-refractivity contribution in [2.75, 3.05) is 31.6 Å². The summed E-state index contributed by atoms with van der Waals surface area (Å²) in [6, 6.07) is 10.4. The minimum Gasteiger partial charge on any atom is -0.489 e. The zero-order valence-electron chi connectivity index (χ0n) is 22.8. The second-order valence-corrected chi connectivity index (χ2v) is 10.5. The van der Waals surface area contributed by atoms with Gasteiger partial charge in [-0.2, -0.15) is 10.4 Å². The largest absolute Gasteiger partial charge is 0.489 e. The van der Waals surface area contributed by atoms with Crippen LogP contribution in [0.1, 0.15) is 61.3 Å². The number of ether oxygens (including phenoxy) is 2. The number of nitrogens with zero attached hydrogens (tertiary/aromatic N) is 6. The van der Waals surface area contributed by atoms with Crippen molar-refractivity contribution in [2.45, 2.75) is 64.0 Å². The van der Waals surface area contributed by atoms with Gasteiger partial charge in [0.15, 0.2) is 5.82 Å². The Morgan fingerprint density at radius 1 is 1.13 bits per heavy atom. The first-order valence-electron chi connectivity index (χ1n) is 13.6. The summed E-state index contributed by atoms with van der Waals surface area (Å²) in [6.07, 6.45) is 8.37. The van der Waals surface area contributed by atoms with Crippen molar-refractivity contribution < 1.29 is 14.3 Å². The lowest BCUT2D eigenvalue weighted by Gasteiger charge is -2.41. The Kier molecular flexibility index (Phi) is 7.91. The molecular formula is C29H35N7O3. The normalized spacial score (nSPS) is 21.9. The molecule has 5 rings (SSSR count). The molecule has 0 atom stereocenters. The fourth-order valence-corrected chi connectivity index (χ4v) is 5.48. The van der Waals surface area contributed by atoms with Crippen molar-refractivity contribution in [2.24, 2.45) is 0 Å². The van der Waals surface area contributed by atoms with Gasteiger partial charge in [-0.15, -0.1) is 0 Å². The minimum absolute atomic E-state index is 0.0590. The van der Waals surface area contributed by atoms with Crippen LogP contribution in [-0.4, -0.2) is 69.0 Å². The van der Waals surface area contributed by atoms with E-state index >= 15 is 0 Å². The van der Waals surface area contributed by atoms with Gasteiger partial charge in [-0.05, 0) is 70.7 Å². The fourth-order valence-electron chi connectivity index (χ4n) is 5.48. The van der Waals surface area contributed by atoms with E-state index in [0.29, 0.717) is 34.6 Å². The maximum absolute atomic E-state index is 13.0. The third kappa shape index (κ3) is 5.79. The van der Waals surface area contributed by atoms with E-state index in [1.165, 1.54) is 6.20 Å². The highest BCUT2D eigenvalue weighted by Gasteiger charge is 2.40. The predicted octanol–water partition coefficient (Wildman–Crippen LogP) is 4.05. The monoisotopic (exact) mass is 529 g/mol. The molecule has 2 aliphatic rings. The first kappa shape index (κ1) is 26.8. The zero-order chi connectivity index (χ0) is 27.4. The molecule has 0 radical (unpaired) electrons. The lowest BCUT2D eigenvalue weighted by Crippen LogP contribution is -2.47. The number of hydrogen-bond donors (Lipinski definition) is 1. The summed E-state index contributed by atoms with van der Waals surface area (Å²) in [5, 5.41) is 17.4. The highest BCUT2D eigenvalue weighted by molar-refractivity contribution is 6.04. The smallest absolute Gasteiger partial charge is 0.259 e. The van der Waals surface area contributed by atoms with E-state index in [2.05, 4.69) is 31.4 Å². The highest BCUT2D eigenvalue weighted by Crippen LogP contribution is 2.40. The SMILES string of the molecule is Cc1c(C(=O)Nc2ccc(C3(C#N)CCC(N4CCOCC4)CC3)nc2)cnn1-c1ccc(OC(C)C)cn1. The highest BCUT2D eigenvalue weighted by atomic mass is 16.5. The summed E-state index contributed by atoms with van der Waals surface area (Å²) < 4.78 is 12.8.